The van der Waals surface area contributed by atoms with Crippen LogP contribution in [-0.4, -0.2) is 44.3 Å². The topological polar surface area (TPSA) is 39.8 Å². The number of nitrogens with zero attached hydrogens (tertiary/aromatic N) is 2. The Kier molecular flexibility index (Phi) is 8.00. The first-order chi connectivity index (χ1) is 11.9. The lowest BCUT2D eigenvalue weighted by Crippen LogP contribution is -2.52. The van der Waals surface area contributed by atoms with Crippen molar-refractivity contribution in [3.05, 3.63) is 59.8 Å². The second kappa shape index (κ2) is 10.00. The number of anilines is 1. The summed E-state index contributed by atoms with van der Waals surface area (Å²) >= 11 is 0. The third kappa shape index (κ3) is 4.61. The fraction of sp³-hybridized carbons (Fsp3) is 0.368. The SMILES string of the molecule is C1=CCC2=C(C=C1)c1ccccc1N(NCCN1CCOCC1)N2.Cl.Cl. The van der Waals surface area contributed by atoms with Crippen molar-refractivity contribution in [2.24, 2.45) is 0 Å². The first-order valence-corrected chi connectivity index (χ1v) is 8.68. The van der Waals surface area contributed by atoms with E-state index in [1.165, 1.54) is 22.5 Å². The normalized spacial score (nSPS) is 18.8. The number of hydrazine groups is 2. The van der Waals surface area contributed by atoms with Crippen LogP contribution in [0.4, 0.5) is 5.69 Å². The fourth-order valence-corrected chi connectivity index (χ4v) is 3.35. The molecule has 1 aromatic carbocycles. The van der Waals surface area contributed by atoms with Crippen LogP contribution in [0.2, 0.25) is 0 Å². The molecule has 2 N–H and O–H groups in total. The molecule has 0 spiro atoms. The van der Waals surface area contributed by atoms with Gasteiger partial charge in [-0.25, -0.2) is 10.5 Å². The lowest BCUT2D eigenvalue weighted by molar-refractivity contribution is 0.0383. The van der Waals surface area contributed by atoms with E-state index in [0.29, 0.717) is 0 Å². The van der Waals surface area contributed by atoms with Gasteiger partial charge in [0.15, 0.2) is 0 Å². The number of para-hydroxylation sites is 1. The highest BCUT2D eigenvalue weighted by molar-refractivity contribution is 5.87. The largest absolute Gasteiger partial charge is 0.379 e. The first kappa shape index (κ1) is 20.8. The molecule has 1 fully saturated rings. The van der Waals surface area contributed by atoms with E-state index >= 15 is 0 Å². The summed E-state index contributed by atoms with van der Waals surface area (Å²) in [6.45, 7) is 5.66. The smallest absolute Gasteiger partial charge is 0.0835 e. The molecule has 2 heterocycles. The van der Waals surface area contributed by atoms with Gasteiger partial charge in [-0.3, -0.25) is 10.3 Å². The van der Waals surface area contributed by atoms with Crippen LogP contribution in [0.5, 0.6) is 0 Å². The molecule has 0 amide bonds. The highest BCUT2D eigenvalue weighted by Gasteiger charge is 2.22. The molecule has 7 heteroatoms. The van der Waals surface area contributed by atoms with Gasteiger partial charge in [-0.05, 0) is 6.07 Å². The molecule has 26 heavy (non-hydrogen) atoms. The Labute approximate surface area is 167 Å². The number of halogens is 2. The van der Waals surface area contributed by atoms with E-state index in [4.69, 9.17) is 4.74 Å². The number of morpholine rings is 1. The number of fused-ring (bicyclic) bond motifs is 2. The van der Waals surface area contributed by atoms with Gasteiger partial charge in [-0.2, -0.15) is 0 Å². The van der Waals surface area contributed by atoms with Crippen molar-refractivity contribution in [3.63, 3.8) is 0 Å². The molecule has 0 bridgehead atoms. The maximum Gasteiger partial charge on any atom is 0.0835 e. The number of hydrogen-bond acceptors (Lipinski definition) is 5. The summed E-state index contributed by atoms with van der Waals surface area (Å²) in [6.07, 6.45) is 9.51. The number of allylic oxidation sites excluding steroid dienone is 5. The van der Waals surface area contributed by atoms with Crippen molar-refractivity contribution in [2.45, 2.75) is 6.42 Å². The van der Waals surface area contributed by atoms with E-state index in [1.807, 2.05) is 0 Å². The minimum atomic E-state index is 0. The Morgan fingerprint density at radius 1 is 1.08 bits per heavy atom. The summed E-state index contributed by atoms with van der Waals surface area (Å²) in [5.41, 5.74) is 12.0. The summed E-state index contributed by atoms with van der Waals surface area (Å²) in [5, 5.41) is 2.07. The number of rotatable bonds is 4. The van der Waals surface area contributed by atoms with Crippen LogP contribution in [-0.2, 0) is 4.74 Å². The molecule has 0 atom stereocenters. The summed E-state index contributed by atoms with van der Waals surface area (Å²) in [4.78, 5) is 2.44. The summed E-state index contributed by atoms with van der Waals surface area (Å²) in [7, 11) is 0. The zero-order valence-corrected chi connectivity index (χ0v) is 16.3. The predicted molar refractivity (Wildman–Crippen MR) is 112 cm³/mol. The molecule has 4 rings (SSSR count). The van der Waals surface area contributed by atoms with E-state index in [2.05, 4.69) is 69.4 Å². The van der Waals surface area contributed by atoms with Crippen molar-refractivity contribution in [2.75, 3.05) is 44.5 Å². The van der Waals surface area contributed by atoms with Gasteiger partial charge in [0, 0.05) is 49.4 Å². The summed E-state index contributed by atoms with van der Waals surface area (Å²) in [6, 6.07) is 8.53. The molecule has 2 aliphatic heterocycles. The van der Waals surface area contributed by atoms with E-state index < -0.39 is 0 Å². The molecule has 0 aromatic heterocycles. The Morgan fingerprint density at radius 2 is 1.88 bits per heavy atom. The van der Waals surface area contributed by atoms with E-state index in [9.17, 15) is 0 Å². The van der Waals surface area contributed by atoms with Crippen molar-refractivity contribution in [1.82, 2.24) is 15.8 Å². The number of hydrogen-bond donors (Lipinski definition) is 2. The van der Waals surface area contributed by atoms with E-state index in [1.54, 1.807) is 0 Å². The minimum absolute atomic E-state index is 0. The molecule has 1 aliphatic carbocycles. The molecule has 5 nitrogen and oxygen atoms in total. The quantitative estimate of drug-likeness (QED) is 0.818. The van der Waals surface area contributed by atoms with Crippen molar-refractivity contribution in [3.8, 4) is 0 Å². The van der Waals surface area contributed by atoms with Crippen LogP contribution in [0.3, 0.4) is 0 Å². The predicted octanol–water partition coefficient (Wildman–Crippen LogP) is 2.92. The van der Waals surface area contributed by atoms with Crippen molar-refractivity contribution >= 4 is 36.1 Å². The second-order valence-electron chi connectivity index (χ2n) is 6.21. The molecule has 3 aliphatic rings. The number of ether oxygens (including phenoxy) is 1. The fourth-order valence-electron chi connectivity index (χ4n) is 3.35. The van der Waals surface area contributed by atoms with Gasteiger partial charge in [0.1, 0.15) is 0 Å². The van der Waals surface area contributed by atoms with Gasteiger partial charge in [0.25, 0.3) is 0 Å². The van der Waals surface area contributed by atoms with Gasteiger partial charge in [0.2, 0.25) is 0 Å². The number of nitrogens with one attached hydrogen (secondary N) is 2. The Balaban J connectivity index is 0.00000121. The van der Waals surface area contributed by atoms with Crippen LogP contribution in [0, 0.1) is 0 Å². The highest BCUT2D eigenvalue weighted by Crippen LogP contribution is 2.34. The first-order valence-electron chi connectivity index (χ1n) is 8.68. The molecule has 0 saturated carbocycles. The van der Waals surface area contributed by atoms with Crippen LogP contribution in [0.15, 0.2) is 54.3 Å². The minimum Gasteiger partial charge on any atom is -0.379 e. The lowest BCUT2D eigenvalue weighted by Gasteiger charge is -2.35. The molecular formula is C19H26Cl2N4O. The molecule has 0 radical (unpaired) electrons. The maximum absolute atomic E-state index is 5.41. The molecule has 1 aromatic rings. The summed E-state index contributed by atoms with van der Waals surface area (Å²) < 4.78 is 5.41. The zero-order valence-electron chi connectivity index (χ0n) is 14.7. The average molecular weight is 397 g/mol. The monoisotopic (exact) mass is 396 g/mol. The Bertz CT molecular complexity index is 684. The van der Waals surface area contributed by atoms with Crippen LogP contribution < -0.4 is 16.0 Å². The van der Waals surface area contributed by atoms with Gasteiger partial charge in [0.05, 0.1) is 18.9 Å². The molecule has 0 unspecified atom stereocenters. The second-order valence-corrected chi connectivity index (χ2v) is 6.21. The third-order valence-corrected chi connectivity index (χ3v) is 4.64. The van der Waals surface area contributed by atoms with E-state index in [0.717, 1.165) is 45.8 Å². The standard InChI is InChI=1S/C19H24N4O.2ClH/c1-2-6-16-17-7-4-5-9-19(17)23(21-18(16)8-3-1)20-10-11-22-12-14-24-15-13-22;;/h1-7,9,20-21H,8,10-15H2;2*1H. The van der Waals surface area contributed by atoms with Crippen LogP contribution >= 0.6 is 24.8 Å². The van der Waals surface area contributed by atoms with Gasteiger partial charge < -0.3 is 4.74 Å². The third-order valence-electron chi connectivity index (χ3n) is 4.64. The highest BCUT2D eigenvalue weighted by atomic mass is 35.5. The van der Waals surface area contributed by atoms with Crippen molar-refractivity contribution < 1.29 is 4.74 Å². The summed E-state index contributed by atoms with van der Waals surface area (Å²) in [5.74, 6) is 0. The maximum atomic E-state index is 5.41. The van der Waals surface area contributed by atoms with Gasteiger partial charge in [-0.1, -0.05) is 42.5 Å². The van der Waals surface area contributed by atoms with E-state index in [-0.39, 0.29) is 24.8 Å². The molecular weight excluding hydrogens is 371 g/mol. The van der Waals surface area contributed by atoms with Crippen LogP contribution in [0.1, 0.15) is 12.0 Å². The number of benzene rings is 1. The van der Waals surface area contributed by atoms with Gasteiger partial charge >= 0.3 is 0 Å². The average Bonchev–Trinajstić information content (AvgIpc) is 2.88. The molecule has 142 valence electrons. The molecule has 1 saturated heterocycles. The Morgan fingerprint density at radius 3 is 2.73 bits per heavy atom. The zero-order chi connectivity index (χ0) is 16.2. The lowest BCUT2D eigenvalue weighted by atomic mass is 9.99. The van der Waals surface area contributed by atoms with Crippen molar-refractivity contribution in [1.29, 1.82) is 0 Å². The van der Waals surface area contributed by atoms with Crippen LogP contribution in [0.25, 0.3) is 5.57 Å². The van der Waals surface area contributed by atoms with Gasteiger partial charge in [-0.15, -0.1) is 24.8 Å². The Hall–Kier alpha value is -1.50.